The Morgan fingerprint density at radius 1 is 1.42 bits per heavy atom. The maximum atomic E-state index is 9.56. The molecule has 0 aromatic heterocycles. The van der Waals surface area contributed by atoms with E-state index in [-0.39, 0.29) is 6.10 Å². The van der Waals surface area contributed by atoms with Gasteiger partial charge in [-0.3, -0.25) is 0 Å². The van der Waals surface area contributed by atoms with Gasteiger partial charge in [-0.1, -0.05) is 31.3 Å². The second kappa shape index (κ2) is 3.34. The van der Waals surface area contributed by atoms with Gasteiger partial charge < -0.3 is 5.11 Å². The fourth-order valence-corrected chi connectivity index (χ4v) is 3.77. The van der Waals surface area contributed by atoms with E-state index in [2.05, 4.69) is 26.6 Å². The van der Waals surface area contributed by atoms with Gasteiger partial charge in [0.25, 0.3) is 0 Å². The number of hydrogen-bond acceptors (Lipinski definition) is 1. The van der Waals surface area contributed by atoms with E-state index in [9.17, 15) is 5.11 Å². The van der Waals surface area contributed by atoms with Crippen LogP contribution in [0, 0.1) is 0 Å². The lowest BCUT2D eigenvalue weighted by atomic mass is 9.98. The molecule has 1 aliphatic carbocycles. The zero-order valence-electron chi connectivity index (χ0n) is 8.59. The van der Waals surface area contributed by atoms with Crippen LogP contribution in [0.15, 0.2) is 11.6 Å². The highest BCUT2D eigenvalue weighted by molar-refractivity contribution is 6.77. The lowest BCUT2D eigenvalue weighted by molar-refractivity contribution is 0.201. The second-order valence-electron chi connectivity index (χ2n) is 5.08. The minimum atomic E-state index is -1.04. The van der Waals surface area contributed by atoms with Gasteiger partial charge >= 0.3 is 0 Å². The lowest BCUT2D eigenvalue weighted by Gasteiger charge is -2.33. The molecule has 1 N–H and O–H groups in total. The van der Waals surface area contributed by atoms with Crippen LogP contribution in [0.1, 0.15) is 19.8 Å². The van der Waals surface area contributed by atoms with E-state index in [1.807, 2.05) is 6.08 Å². The van der Waals surface area contributed by atoms with Gasteiger partial charge in [-0.15, -0.1) is 0 Å². The molecule has 70 valence electrons. The van der Waals surface area contributed by atoms with Gasteiger partial charge in [0.15, 0.2) is 0 Å². The first-order valence-corrected chi connectivity index (χ1v) is 8.32. The summed E-state index contributed by atoms with van der Waals surface area (Å²) in [4.78, 5) is 0. The lowest BCUT2D eigenvalue weighted by Crippen LogP contribution is -2.32. The molecule has 0 saturated carbocycles. The van der Waals surface area contributed by atoms with Crippen molar-refractivity contribution < 1.29 is 5.11 Å². The van der Waals surface area contributed by atoms with E-state index in [0.717, 1.165) is 12.0 Å². The molecule has 0 aliphatic heterocycles. The molecule has 0 aromatic rings. The highest BCUT2D eigenvalue weighted by Gasteiger charge is 2.30. The molecule has 2 heteroatoms. The van der Waals surface area contributed by atoms with Gasteiger partial charge in [0.2, 0.25) is 0 Å². The van der Waals surface area contributed by atoms with Crippen LogP contribution >= 0.6 is 0 Å². The summed E-state index contributed by atoms with van der Waals surface area (Å²) in [6, 6.07) is 0. The Balaban J connectivity index is 2.68. The minimum Gasteiger partial charge on any atom is -0.389 e. The van der Waals surface area contributed by atoms with Crippen LogP contribution in [-0.2, 0) is 0 Å². The van der Waals surface area contributed by atoms with Gasteiger partial charge in [0.05, 0.1) is 6.10 Å². The van der Waals surface area contributed by atoms with Crippen LogP contribution < -0.4 is 0 Å². The monoisotopic (exact) mass is 184 g/mol. The fraction of sp³-hybridized carbons (Fsp3) is 0.800. The third kappa shape index (κ3) is 2.46. The molecule has 12 heavy (non-hydrogen) atoms. The molecule has 1 aliphatic rings. The van der Waals surface area contributed by atoms with Crippen molar-refractivity contribution in [3.63, 3.8) is 0 Å². The molecule has 0 heterocycles. The van der Waals surface area contributed by atoms with Crippen molar-refractivity contribution in [1.29, 1.82) is 0 Å². The number of rotatable bonds is 1. The quantitative estimate of drug-likeness (QED) is 0.491. The summed E-state index contributed by atoms with van der Waals surface area (Å²) in [6.07, 6.45) is 4.05. The number of hydrogen-bond donors (Lipinski definition) is 1. The molecule has 1 nitrogen and oxygen atoms in total. The van der Waals surface area contributed by atoms with Crippen LogP contribution in [0.4, 0.5) is 0 Å². The highest BCUT2D eigenvalue weighted by Crippen LogP contribution is 2.36. The van der Waals surface area contributed by atoms with Gasteiger partial charge in [-0.2, -0.15) is 0 Å². The Morgan fingerprint density at radius 3 is 2.42 bits per heavy atom. The predicted molar refractivity (Wildman–Crippen MR) is 56.1 cm³/mol. The normalized spacial score (nSPS) is 31.6. The summed E-state index contributed by atoms with van der Waals surface area (Å²) in [5.74, 6) is 0. The molecule has 2 atom stereocenters. The third-order valence-electron chi connectivity index (χ3n) is 2.80. The summed E-state index contributed by atoms with van der Waals surface area (Å²) < 4.78 is 0. The van der Waals surface area contributed by atoms with E-state index in [4.69, 9.17) is 0 Å². The van der Waals surface area contributed by atoms with E-state index < -0.39 is 8.07 Å². The van der Waals surface area contributed by atoms with E-state index in [0.29, 0.717) is 0 Å². The number of aliphatic hydroxyl groups is 1. The molecular weight excluding hydrogens is 164 g/mol. The topological polar surface area (TPSA) is 20.2 Å². The minimum absolute atomic E-state index is 0.171. The van der Waals surface area contributed by atoms with Gasteiger partial charge in [-0.05, 0) is 25.3 Å². The fourth-order valence-electron chi connectivity index (χ4n) is 1.89. The summed E-state index contributed by atoms with van der Waals surface area (Å²) in [5.41, 5.74) is 2.15. The molecule has 0 spiro atoms. The summed E-state index contributed by atoms with van der Waals surface area (Å²) in [5, 5.41) is 9.56. The van der Waals surface area contributed by atoms with E-state index >= 15 is 0 Å². The Kier molecular flexibility index (Phi) is 2.79. The van der Waals surface area contributed by atoms with Gasteiger partial charge in [0, 0.05) is 8.07 Å². The summed E-state index contributed by atoms with van der Waals surface area (Å²) in [6.45, 7) is 9.31. The van der Waals surface area contributed by atoms with Crippen LogP contribution in [0.2, 0.25) is 25.2 Å². The largest absolute Gasteiger partial charge is 0.389 e. The van der Waals surface area contributed by atoms with Crippen molar-refractivity contribution in [2.75, 3.05) is 0 Å². The molecule has 0 bridgehead atoms. The van der Waals surface area contributed by atoms with Crippen LogP contribution in [0.25, 0.3) is 0 Å². The maximum absolute atomic E-state index is 9.56. The average Bonchev–Trinajstić information content (AvgIpc) is 1.82. The van der Waals surface area contributed by atoms with E-state index in [1.54, 1.807) is 0 Å². The molecule has 0 unspecified atom stereocenters. The predicted octanol–water partition coefficient (Wildman–Crippen LogP) is 2.80. The highest BCUT2D eigenvalue weighted by atomic mass is 28.3. The van der Waals surface area contributed by atoms with Crippen LogP contribution in [-0.4, -0.2) is 19.3 Å². The van der Waals surface area contributed by atoms with Crippen LogP contribution in [0.5, 0.6) is 0 Å². The third-order valence-corrected chi connectivity index (χ3v) is 5.69. The zero-order chi connectivity index (χ0) is 9.35. The van der Waals surface area contributed by atoms with Crippen molar-refractivity contribution in [3.8, 4) is 0 Å². The van der Waals surface area contributed by atoms with Crippen molar-refractivity contribution in [3.05, 3.63) is 11.6 Å². The SMILES string of the molecule is CC1=C[C@@H](O)C[C@@H]([Si](C)(C)C)C1. The maximum Gasteiger partial charge on any atom is 0.0723 e. The smallest absolute Gasteiger partial charge is 0.0723 e. The summed E-state index contributed by atoms with van der Waals surface area (Å²) >= 11 is 0. The molecule has 0 fully saturated rings. The van der Waals surface area contributed by atoms with Crippen molar-refractivity contribution in [1.82, 2.24) is 0 Å². The average molecular weight is 184 g/mol. The Morgan fingerprint density at radius 2 is 2.00 bits per heavy atom. The zero-order valence-corrected chi connectivity index (χ0v) is 9.59. The summed E-state index contributed by atoms with van der Waals surface area (Å²) in [7, 11) is -1.04. The number of aliphatic hydroxyl groups excluding tert-OH is 1. The van der Waals surface area contributed by atoms with E-state index in [1.165, 1.54) is 12.0 Å². The molecule has 0 saturated heterocycles. The first-order valence-electron chi connectivity index (χ1n) is 4.75. The first kappa shape index (κ1) is 10.0. The number of allylic oxidation sites excluding steroid dienone is 1. The van der Waals surface area contributed by atoms with Crippen LogP contribution in [0.3, 0.4) is 0 Å². The molecular formula is C10H20OSi. The van der Waals surface area contributed by atoms with Gasteiger partial charge in [-0.25, -0.2) is 0 Å². The second-order valence-corrected chi connectivity index (χ2v) is 10.6. The van der Waals surface area contributed by atoms with Gasteiger partial charge in [0.1, 0.15) is 0 Å². The van der Waals surface area contributed by atoms with Crippen molar-refractivity contribution in [2.24, 2.45) is 0 Å². The van der Waals surface area contributed by atoms with Crippen molar-refractivity contribution >= 4 is 8.07 Å². The molecule has 1 rings (SSSR count). The molecule has 0 aromatic carbocycles. The molecule has 0 radical (unpaired) electrons. The Bertz CT molecular complexity index is 191. The first-order chi connectivity index (χ1) is 5.39. The van der Waals surface area contributed by atoms with Crippen molar-refractivity contribution in [2.45, 2.75) is 51.1 Å². The molecule has 0 amide bonds. The standard InChI is InChI=1S/C10H20OSi/c1-8-5-9(11)7-10(6-8)12(2,3)4/h5,9-11H,6-7H2,1-4H3/t9-,10+/m1/s1. The Labute approximate surface area is 76.5 Å². The Hall–Kier alpha value is -0.0831.